The number of hydrogen-bond acceptors (Lipinski definition) is 10. The van der Waals surface area contributed by atoms with E-state index in [9.17, 15) is 24.6 Å². The van der Waals surface area contributed by atoms with Gasteiger partial charge in [0.2, 0.25) is 12.7 Å². The van der Waals surface area contributed by atoms with Crippen LogP contribution in [-0.2, 0) is 39.6 Å². The van der Waals surface area contributed by atoms with Gasteiger partial charge in [0.05, 0.1) is 35.1 Å². The number of carbonyl (C=O) groups excluding carboxylic acids is 2. The van der Waals surface area contributed by atoms with Crippen molar-refractivity contribution in [2.45, 2.75) is 57.7 Å². The smallest absolute Gasteiger partial charge is 0.343 e. The van der Waals surface area contributed by atoms with Crippen LogP contribution in [0, 0.1) is 0 Å². The lowest BCUT2D eigenvalue weighted by Crippen LogP contribution is -2.46. The molecule has 38 heavy (non-hydrogen) atoms. The Morgan fingerprint density at radius 3 is 2.66 bits per heavy atom. The van der Waals surface area contributed by atoms with Crippen molar-refractivity contribution >= 4 is 22.8 Å². The van der Waals surface area contributed by atoms with Crippen LogP contribution in [0.25, 0.3) is 22.3 Å². The number of pyridine rings is 2. The second-order valence-corrected chi connectivity index (χ2v) is 9.73. The van der Waals surface area contributed by atoms with Crippen LogP contribution in [0.3, 0.4) is 0 Å². The molecule has 2 aromatic heterocycles. The van der Waals surface area contributed by atoms with E-state index < -0.39 is 29.6 Å². The summed E-state index contributed by atoms with van der Waals surface area (Å²) in [4.78, 5) is 43.4. The van der Waals surface area contributed by atoms with E-state index in [2.05, 4.69) is 5.32 Å². The Morgan fingerprint density at radius 2 is 1.95 bits per heavy atom. The largest absolute Gasteiger partial charge is 0.458 e. The highest BCUT2D eigenvalue weighted by Gasteiger charge is 2.45. The third-order valence-corrected chi connectivity index (χ3v) is 7.56. The molecule has 12 heteroatoms. The Morgan fingerprint density at radius 1 is 1.21 bits per heavy atom. The van der Waals surface area contributed by atoms with Crippen molar-refractivity contribution in [3.05, 3.63) is 50.8 Å². The number of aliphatic hydroxyl groups excluding tert-OH is 1. The van der Waals surface area contributed by atoms with E-state index in [1.54, 1.807) is 25.1 Å². The van der Waals surface area contributed by atoms with E-state index in [-0.39, 0.29) is 49.6 Å². The molecule has 12 nitrogen and oxygen atoms in total. The average Bonchev–Trinajstić information content (AvgIpc) is 3.51. The number of benzene rings is 1. The van der Waals surface area contributed by atoms with Crippen LogP contribution >= 0.6 is 0 Å². The molecule has 1 amide bonds. The maximum atomic E-state index is 13.6. The summed E-state index contributed by atoms with van der Waals surface area (Å²) in [7, 11) is 0. The number of nitrogens with one attached hydrogen (secondary N) is 1. The molecule has 3 aliphatic rings. The molecule has 198 valence electrons. The maximum Gasteiger partial charge on any atom is 0.343 e. The standard InChI is InChI=1S/C26H26N4O8/c1-3-26(35)16-5-18-22-14(8-30(18)24(33)15(16)9-36-25(26)34)13(7-28-23(32)21(27)11(2)31)12-4-19-20(38-10-37-19)6-17(12)29-22/h4-6,11,21,31,35H,3,7-10,27H2,1-2H3,(H,28,32)/t11-,21+,26+/m1/s1. The van der Waals surface area contributed by atoms with Gasteiger partial charge < -0.3 is 40.0 Å². The summed E-state index contributed by atoms with van der Waals surface area (Å²) < 4.78 is 17.7. The Hall–Kier alpha value is -4.00. The second-order valence-electron chi connectivity index (χ2n) is 9.73. The van der Waals surface area contributed by atoms with Crippen LogP contribution in [0.1, 0.15) is 42.5 Å². The highest BCUT2D eigenvalue weighted by molar-refractivity contribution is 5.92. The van der Waals surface area contributed by atoms with Gasteiger partial charge in [0, 0.05) is 29.1 Å². The first kappa shape index (κ1) is 24.3. The lowest BCUT2D eigenvalue weighted by molar-refractivity contribution is -0.172. The number of fused-ring (bicyclic) bond motifs is 6. The zero-order valence-corrected chi connectivity index (χ0v) is 20.7. The van der Waals surface area contributed by atoms with E-state index in [1.807, 2.05) is 0 Å². The Labute approximate surface area is 215 Å². The number of aliphatic hydroxyl groups is 2. The van der Waals surface area contributed by atoms with E-state index in [0.29, 0.717) is 44.9 Å². The van der Waals surface area contributed by atoms with Gasteiger partial charge in [-0.3, -0.25) is 9.59 Å². The lowest BCUT2D eigenvalue weighted by atomic mass is 9.86. The second kappa shape index (κ2) is 8.51. The summed E-state index contributed by atoms with van der Waals surface area (Å²) in [6.45, 7) is 3.10. The Kier molecular flexibility index (Phi) is 5.45. The van der Waals surface area contributed by atoms with Gasteiger partial charge in [-0.15, -0.1) is 0 Å². The minimum atomic E-state index is -1.94. The van der Waals surface area contributed by atoms with Crippen LogP contribution < -0.4 is 26.1 Å². The fourth-order valence-corrected chi connectivity index (χ4v) is 5.27. The van der Waals surface area contributed by atoms with Gasteiger partial charge in [-0.25, -0.2) is 9.78 Å². The van der Waals surface area contributed by atoms with Crippen molar-refractivity contribution < 1.29 is 34.0 Å². The van der Waals surface area contributed by atoms with E-state index in [4.69, 9.17) is 24.9 Å². The highest BCUT2D eigenvalue weighted by Crippen LogP contribution is 2.43. The maximum absolute atomic E-state index is 13.6. The monoisotopic (exact) mass is 522 g/mol. The molecule has 0 fully saturated rings. The summed E-state index contributed by atoms with van der Waals surface area (Å²) in [5.41, 5.74) is 6.76. The predicted molar refractivity (Wildman–Crippen MR) is 132 cm³/mol. The van der Waals surface area contributed by atoms with Crippen LogP contribution in [0.4, 0.5) is 0 Å². The molecule has 0 unspecified atom stereocenters. The van der Waals surface area contributed by atoms with Gasteiger partial charge in [-0.05, 0) is 31.0 Å². The van der Waals surface area contributed by atoms with Gasteiger partial charge in [0.15, 0.2) is 17.1 Å². The zero-order valence-electron chi connectivity index (χ0n) is 20.7. The number of rotatable bonds is 5. The topological polar surface area (TPSA) is 175 Å². The molecular formula is C26H26N4O8. The molecule has 1 aromatic carbocycles. The number of hydrogen-bond donors (Lipinski definition) is 4. The van der Waals surface area contributed by atoms with Crippen LogP contribution in [0.2, 0.25) is 0 Å². The lowest BCUT2D eigenvalue weighted by Gasteiger charge is -2.31. The number of aromatic nitrogens is 2. The van der Waals surface area contributed by atoms with Crippen molar-refractivity contribution in [2.24, 2.45) is 5.73 Å². The van der Waals surface area contributed by atoms with E-state index >= 15 is 0 Å². The first-order valence-corrected chi connectivity index (χ1v) is 12.3. The molecule has 0 aliphatic carbocycles. The number of ether oxygens (including phenoxy) is 3. The normalized spacial score (nSPS) is 20.4. The molecule has 3 aliphatic heterocycles. The summed E-state index contributed by atoms with van der Waals surface area (Å²) in [6.07, 6.45) is -1.01. The van der Waals surface area contributed by atoms with E-state index in [0.717, 1.165) is 0 Å². The number of esters is 1. The molecule has 0 radical (unpaired) electrons. The number of nitrogens with two attached hydrogens (primary N) is 1. The molecule has 5 heterocycles. The van der Waals surface area contributed by atoms with Crippen LogP contribution in [0.15, 0.2) is 23.0 Å². The Balaban J connectivity index is 1.54. The summed E-state index contributed by atoms with van der Waals surface area (Å²) in [6, 6.07) is 4.02. The molecule has 3 atom stereocenters. The third-order valence-electron chi connectivity index (χ3n) is 7.56. The molecule has 3 aromatic rings. The molecule has 6 rings (SSSR count). The van der Waals surface area contributed by atoms with E-state index in [1.165, 1.54) is 11.5 Å². The van der Waals surface area contributed by atoms with Crippen molar-refractivity contribution in [3.63, 3.8) is 0 Å². The molecular weight excluding hydrogens is 496 g/mol. The number of carbonyl (C=O) groups is 2. The highest BCUT2D eigenvalue weighted by atomic mass is 16.7. The minimum Gasteiger partial charge on any atom is -0.458 e. The zero-order chi connectivity index (χ0) is 26.9. The van der Waals surface area contributed by atoms with Crippen molar-refractivity contribution in [3.8, 4) is 22.9 Å². The number of cyclic esters (lactones) is 1. The molecule has 0 saturated heterocycles. The molecule has 0 bridgehead atoms. The molecule has 0 spiro atoms. The van der Waals surface area contributed by atoms with Gasteiger partial charge in [0.25, 0.3) is 5.56 Å². The number of amides is 1. The van der Waals surface area contributed by atoms with Crippen molar-refractivity contribution in [2.75, 3.05) is 6.79 Å². The van der Waals surface area contributed by atoms with Crippen LogP contribution in [-0.4, -0.2) is 50.6 Å². The van der Waals surface area contributed by atoms with Crippen molar-refractivity contribution in [1.82, 2.24) is 14.9 Å². The van der Waals surface area contributed by atoms with Gasteiger partial charge in [0.1, 0.15) is 12.6 Å². The number of nitrogens with zero attached hydrogens (tertiary/aromatic N) is 2. The van der Waals surface area contributed by atoms with Crippen molar-refractivity contribution in [1.29, 1.82) is 0 Å². The van der Waals surface area contributed by atoms with Gasteiger partial charge in [-0.1, -0.05) is 6.92 Å². The van der Waals surface area contributed by atoms with Gasteiger partial charge >= 0.3 is 5.97 Å². The summed E-state index contributed by atoms with van der Waals surface area (Å²) >= 11 is 0. The molecule has 5 N–H and O–H groups in total. The fraction of sp³-hybridized carbons (Fsp3) is 0.385. The minimum absolute atomic E-state index is 0.0318. The molecule has 0 saturated carbocycles. The first-order valence-electron chi connectivity index (χ1n) is 12.3. The quantitative estimate of drug-likeness (QED) is 0.264. The third kappa shape index (κ3) is 3.41. The Bertz CT molecular complexity index is 1600. The predicted octanol–water partition coefficient (Wildman–Crippen LogP) is 0.133. The van der Waals surface area contributed by atoms with Crippen LogP contribution in [0.5, 0.6) is 11.5 Å². The SMILES string of the molecule is CC[C@@]1(O)C(=O)OCc2c1cc1n(c2=O)Cc2c-1nc1cc3c(cc1c2CNC(=O)[C@@H](N)[C@@H](C)O)OCO3. The average molecular weight is 523 g/mol. The first-order chi connectivity index (χ1) is 18.1. The van der Waals surface area contributed by atoms with Gasteiger partial charge in [-0.2, -0.15) is 0 Å². The summed E-state index contributed by atoms with van der Waals surface area (Å²) in [5, 5.41) is 24.3. The summed E-state index contributed by atoms with van der Waals surface area (Å²) in [5.74, 6) is -0.294. The fourth-order valence-electron chi connectivity index (χ4n) is 5.27.